The average molecular weight is 820 g/mol. The summed E-state index contributed by atoms with van der Waals surface area (Å²) in [6, 6.07) is 41.6. The van der Waals surface area contributed by atoms with Crippen molar-refractivity contribution >= 4 is 42.1 Å². The average Bonchev–Trinajstić information content (AvgIpc) is 3.94. The van der Waals surface area contributed by atoms with Gasteiger partial charge in [0.2, 0.25) is 0 Å². The van der Waals surface area contributed by atoms with Crippen LogP contribution in [0.1, 0.15) is 41.6 Å². The lowest BCUT2D eigenvalue weighted by Gasteiger charge is -2.37. The molecule has 0 saturated carbocycles. The van der Waals surface area contributed by atoms with E-state index >= 15 is 4.79 Å². The molecule has 5 atom stereocenters. The Hall–Kier alpha value is -6.08. The van der Waals surface area contributed by atoms with Gasteiger partial charge in [-0.05, 0) is 65.6 Å². The van der Waals surface area contributed by atoms with Crippen LogP contribution in [0, 0.1) is 5.92 Å². The fourth-order valence-corrected chi connectivity index (χ4v) is 14.0. The molecule has 0 radical (unpaired) electrons. The van der Waals surface area contributed by atoms with Gasteiger partial charge in [0.1, 0.15) is 11.5 Å². The molecule has 306 valence electrons. The second-order valence-corrected chi connectivity index (χ2v) is 21.2. The summed E-state index contributed by atoms with van der Waals surface area (Å²) in [5.41, 5.74) is 4.63. The van der Waals surface area contributed by atoms with Crippen LogP contribution in [0.5, 0.6) is 11.5 Å². The number of ether oxygens (including phenoxy) is 3. The third-order valence-electron chi connectivity index (χ3n) is 12.9. The maximum absolute atomic E-state index is 15.3. The number of rotatable bonds is 12. The monoisotopic (exact) mass is 819 g/mol. The lowest BCUT2D eigenvalue weighted by atomic mass is 9.82. The Morgan fingerprint density at radius 2 is 1.58 bits per heavy atom. The number of carbonyl (C=O) groups is 2. The quantitative estimate of drug-likeness (QED) is 0.128. The number of aliphatic hydroxyl groups excluding tert-OH is 1. The van der Waals surface area contributed by atoms with Crippen LogP contribution in [-0.4, -0.2) is 66.4 Å². The highest BCUT2D eigenvalue weighted by Crippen LogP contribution is 2.60. The number of fused-ring (bicyclic) bond motifs is 3. The van der Waals surface area contributed by atoms with Crippen LogP contribution in [0.25, 0.3) is 0 Å². The smallest absolute Gasteiger partial charge is 0.269 e. The molecule has 1 saturated heterocycles. The van der Waals surface area contributed by atoms with Gasteiger partial charge >= 0.3 is 0 Å². The number of carbonyl (C=O) groups excluding carboxylic acids is 2. The number of methoxy groups -OCH3 is 1. The number of nitrogens with zero attached hydrogens (tertiary/aromatic N) is 5. The summed E-state index contributed by atoms with van der Waals surface area (Å²) in [4.78, 5) is 32.0. The molecular formula is C48H49N5O6Si. The van der Waals surface area contributed by atoms with Crippen molar-refractivity contribution in [3.8, 4) is 11.5 Å². The first kappa shape index (κ1) is 39.4. The Labute approximate surface area is 351 Å². The summed E-state index contributed by atoms with van der Waals surface area (Å²) < 4.78 is 20.4. The first-order valence-corrected chi connectivity index (χ1v) is 23.6. The minimum Gasteiger partial charge on any atom is -0.497 e. The molecule has 1 aromatic heterocycles. The van der Waals surface area contributed by atoms with Gasteiger partial charge in [0.25, 0.3) is 11.8 Å². The molecule has 12 heteroatoms. The maximum atomic E-state index is 15.3. The Morgan fingerprint density at radius 1 is 0.883 bits per heavy atom. The molecular weight excluding hydrogens is 771 g/mol. The number of para-hydroxylation sites is 3. The molecule has 1 unspecified atom stereocenters. The van der Waals surface area contributed by atoms with Crippen molar-refractivity contribution < 1.29 is 28.9 Å². The molecule has 60 heavy (non-hydrogen) atoms. The molecule has 6 aromatic rings. The lowest BCUT2D eigenvalue weighted by Crippen LogP contribution is -2.51. The standard InChI is InChI=1S/C48H49N5O6Si/c1-32-46(60(3,4)37-24-22-36(57-2)23-25-37)44(26-27-51-29-40(49-50-51)38(30-54)34-12-6-5-7-13-34)59-48(32)39-14-8-9-15-41(39)52(47(48)56)28-33-18-20-35(21-19-33)53-42-16-10-11-17-43(42)58-31-45(53)55/h5-25,29,32,38,44,46,54H,26-28,30-31H2,1-4H3/t32-,38?,44+,46-,48+/m1/s1. The largest absolute Gasteiger partial charge is 0.497 e. The summed E-state index contributed by atoms with van der Waals surface area (Å²) in [6.07, 6.45) is 2.26. The van der Waals surface area contributed by atoms with Gasteiger partial charge in [0, 0.05) is 29.9 Å². The molecule has 2 amide bonds. The van der Waals surface area contributed by atoms with E-state index in [1.54, 1.807) is 12.0 Å². The van der Waals surface area contributed by atoms with Gasteiger partial charge in [-0.25, -0.2) is 0 Å². The number of aliphatic hydroxyl groups is 1. The molecule has 3 aliphatic rings. The fourth-order valence-electron chi connectivity index (χ4n) is 9.91. The first-order valence-electron chi connectivity index (χ1n) is 20.6. The third-order valence-corrected chi connectivity index (χ3v) is 17.3. The first-order chi connectivity index (χ1) is 29.1. The zero-order valence-corrected chi connectivity index (χ0v) is 35.3. The second kappa shape index (κ2) is 15.8. The highest BCUT2D eigenvalue weighted by Gasteiger charge is 2.66. The molecule has 5 aromatic carbocycles. The third kappa shape index (κ3) is 6.68. The second-order valence-electron chi connectivity index (χ2n) is 16.6. The zero-order valence-electron chi connectivity index (χ0n) is 34.3. The van der Waals surface area contributed by atoms with E-state index in [4.69, 9.17) is 14.2 Å². The van der Waals surface area contributed by atoms with Crippen LogP contribution in [0.15, 0.2) is 134 Å². The molecule has 1 N–H and O–H groups in total. The van der Waals surface area contributed by atoms with Crippen LogP contribution in [0.3, 0.4) is 0 Å². The van der Waals surface area contributed by atoms with Gasteiger partial charge in [0.15, 0.2) is 12.2 Å². The number of aromatic nitrogens is 3. The predicted octanol–water partition coefficient (Wildman–Crippen LogP) is 7.32. The molecule has 9 rings (SSSR count). The van der Waals surface area contributed by atoms with E-state index in [-0.39, 0.29) is 48.5 Å². The number of aryl methyl sites for hydroxylation is 1. The summed E-state index contributed by atoms with van der Waals surface area (Å²) >= 11 is 0. The maximum Gasteiger partial charge on any atom is 0.269 e. The van der Waals surface area contributed by atoms with Crippen LogP contribution >= 0.6 is 0 Å². The number of benzene rings is 5. The molecule has 0 aliphatic carbocycles. The van der Waals surface area contributed by atoms with Crippen LogP contribution in [0.4, 0.5) is 17.1 Å². The number of amides is 2. The normalized spacial score (nSPS) is 21.5. The van der Waals surface area contributed by atoms with E-state index in [9.17, 15) is 9.90 Å². The van der Waals surface area contributed by atoms with E-state index in [0.29, 0.717) is 36.6 Å². The van der Waals surface area contributed by atoms with Crippen molar-refractivity contribution in [2.75, 3.05) is 30.1 Å². The van der Waals surface area contributed by atoms with Crippen molar-refractivity contribution in [2.24, 2.45) is 5.92 Å². The van der Waals surface area contributed by atoms with Gasteiger partial charge in [-0.3, -0.25) is 19.2 Å². The number of hydrogen-bond donors (Lipinski definition) is 1. The predicted molar refractivity (Wildman–Crippen MR) is 233 cm³/mol. The summed E-state index contributed by atoms with van der Waals surface area (Å²) in [7, 11) is -0.698. The van der Waals surface area contributed by atoms with Crippen molar-refractivity contribution in [1.29, 1.82) is 0 Å². The van der Waals surface area contributed by atoms with Gasteiger partial charge in [-0.15, -0.1) is 5.10 Å². The van der Waals surface area contributed by atoms with Crippen LogP contribution in [-0.2, 0) is 33.0 Å². The molecule has 11 nitrogen and oxygen atoms in total. The SMILES string of the molecule is COc1ccc([Si](C)(C)[C@H]2[C@H](CCn3cc(C(CO)c4ccccc4)nn3)O[C@@]3(C(=O)N(Cc4ccc(N5C(=O)COc6ccccc65)cc4)c4ccccc43)[C@@H]2C)cc1. The summed E-state index contributed by atoms with van der Waals surface area (Å²) in [5, 5.41) is 20.6. The Bertz CT molecular complexity index is 2510. The topological polar surface area (TPSA) is 119 Å². The minimum absolute atomic E-state index is 0.0312. The van der Waals surface area contributed by atoms with Gasteiger partial charge < -0.3 is 24.2 Å². The molecule has 0 bridgehead atoms. The van der Waals surface area contributed by atoms with Crippen LogP contribution in [0.2, 0.25) is 18.6 Å². The van der Waals surface area contributed by atoms with Crippen molar-refractivity contribution in [3.05, 3.63) is 156 Å². The fraction of sp³-hybridized carbons (Fsp3) is 0.292. The Morgan fingerprint density at radius 3 is 2.32 bits per heavy atom. The molecule has 4 heterocycles. The molecule has 1 spiro atoms. The van der Waals surface area contributed by atoms with E-state index in [1.807, 2.05) is 125 Å². The van der Waals surface area contributed by atoms with Gasteiger partial charge in [-0.1, -0.05) is 115 Å². The van der Waals surface area contributed by atoms with Gasteiger partial charge in [-0.2, -0.15) is 0 Å². The summed E-state index contributed by atoms with van der Waals surface area (Å²) in [6.45, 7) is 7.72. The van der Waals surface area contributed by atoms with E-state index in [2.05, 4.69) is 48.5 Å². The Kier molecular flexibility index (Phi) is 10.4. The Balaban J connectivity index is 1.03. The van der Waals surface area contributed by atoms with E-state index in [1.165, 1.54) is 5.19 Å². The number of anilines is 3. The highest BCUT2D eigenvalue weighted by molar-refractivity contribution is 6.91. The lowest BCUT2D eigenvalue weighted by molar-refractivity contribution is -0.146. The minimum atomic E-state index is -2.37. The van der Waals surface area contributed by atoms with Gasteiger partial charge in [0.05, 0.1) is 57.4 Å². The van der Waals surface area contributed by atoms with Crippen molar-refractivity contribution in [1.82, 2.24) is 15.0 Å². The highest BCUT2D eigenvalue weighted by atomic mass is 28.3. The summed E-state index contributed by atoms with van der Waals surface area (Å²) in [5.74, 6) is 0.805. The zero-order chi connectivity index (χ0) is 41.6. The molecule has 1 fully saturated rings. The van der Waals surface area contributed by atoms with Crippen LogP contribution < -0.4 is 24.5 Å². The van der Waals surface area contributed by atoms with Crippen molar-refractivity contribution in [2.45, 2.75) is 62.7 Å². The van der Waals surface area contributed by atoms with E-state index < -0.39 is 13.7 Å². The number of hydrogen-bond acceptors (Lipinski definition) is 8. The molecule has 3 aliphatic heterocycles. The van der Waals surface area contributed by atoms with Crippen molar-refractivity contribution in [3.63, 3.8) is 0 Å². The van der Waals surface area contributed by atoms with E-state index in [0.717, 1.165) is 33.8 Å².